The summed E-state index contributed by atoms with van der Waals surface area (Å²) in [6.07, 6.45) is 0.573. The van der Waals surface area contributed by atoms with Gasteiger partial charge in [0.05, 0.1) is 5.02 Å². The van der Waals surface area contributed by atoms with Crippen molar-refractivity contribution >= 4 is 17.6 Å². The average Bonchev–Trinajstić information content (AvgIpc) is 2.66. The Morgan fingerprint density at radius 3 is 2.81 bits per heavy atom. The fourth-order valence-corrected chi connectivity index (χ4v) is 2.98. The summed E-state index contributed by atoms with van der Waals surface area (Å²) in [5, 5.41) is 6.92. The van der Waals surface area contributed by atoms with Crippen LogP contribution >= 0.6 is 11.6 Å². The highest BCUT2D eigenvalue weighted by atomic mass is 35.5. The van der Waals surface area contributed by atoms with Crippen molar-refractivity contribution in [1.82, 2.24) is 10.6 Å². The van der Waals surface area contributed by atoms with Crippen LogP contribution in [0.25, 0.3) is 0 Å². The van der Waals surface area contributed by atoms with E-state index >= 15 is 0 Å². The molecule has 0 bridgehead atoms. The van der Waals surface area contributed by atoms with Gasteiger partial charge in [0.2, 0.25) is 0 Å². The second-order valence-electron chi connectivity index (χ2n) is 5.80. The van der Waals surface area contributed by atoms with Gasteiger partial charge in [-0.15, -0.1) is 0 Å². The van der Waals surface area contributed by atoms with Gasteiger partial charge in [0.15, 0.2) is 17.5 Å². The van der Waals surface area contributed by atoms with Crippen LogP contribution in [0, 0.1) is 5.82 Å². The van der Waals surface area contributed by atoms with Crippen LogP contribution in [-0.4, -0.2) is 32.8 Å². The summed E-state index contributed by atoms with van der Waals surface area (Å²) >= 11 is 6.25. The molecule has 0 aliphatic carbocycles. The van der Waals surface area contributed by atoms with Gasteiger partial charge in [-0.05, 0) is 35.7 Å². The minimum absolute atomic E-state index is 0.192. The van der Waals surface area contributed by atoms with Crippen molar-refractivity contribution < 1.29 is 13.9 Å². The van der Waals surface area contributed by atoms with E-state index < -0.39 is 0 Å². The Morgan fingerprint density at radius 1 is 1.19 bits per heavy atom. The van der Waals surface area contributed by atoms with E-state index in [1.165, 1.54) is 6.07 Å². The van der Waals surface area contributed by atoms with Crippen LogP contribution in [0.3, 0.4) is 0 Å². The van der Waals surface area contributed by atoms with Crippen molar-refractivity contribution in [2.75, 3.05) is 26.8 Å². The van der Waals surface area contributed by atoms with E-state index in [9.17, 15) is 4.39 Å². The Balaban J connectivity index is 1.53. The van der Waals surface area contributed by atoms with Crippen LogP contribution < -0.4 is 20.1 Å². The number of hydrogen-bond donors (Lipinski definition) is 2. The lowest BCUT2D eigenvalue weighted by Gasteiger charge is -2.20. The normalized spacial score (nSPS) is 13.4. The van der Waals surface area contributed by atoms with E-state index in [0.29, 0.717) is 60.8 Å². The number of aliphatic imine (C=N–C) groups is 1. The number of fused-ring (bicyclic) bond motifs is 1. The zero-order valence-corrected chi connectivity index (χ0v) is 15.3. The second-order valence-corrected chi connectivity index (χ2v) is 6.20. The van der Waals surface area contributed by atoms with E-state index in [0.717, 1.165) is 5.56 Å². The predicted octanol–water partition coefficient (Wildman–Crippen LogP) is 3.16. The third-order valence-electron chi connectivity index (χ3n) is 3.98. The molecule has 26 heavy (non-hydrogen) atoms. The smallest absolute Gasteiger partial charge is 0.191 e. The summed E-state index contributed by atoms with van der Waals surface area (Å²) in [6.45, 7) is 2.11. The molecule has 7 heteroatoms. The second kappa shape index (κ2) is 8.76. The van der Waals surface area contributed by atoms with Gasteiger partial charge in [0.25, 0.3) is 0 Å². The van der Waals surface area contributed by atoms with Gasteiger partial charge in [-0.2, -0.15) is 0 Å². The number of benzene rings is 2. The third-order valence-corrected chi connectivity index (χ3v) is 4.27. The number of nitrogens with zero attached hydrogens (tertiary/aromatic N) is 1. The molecular weight excluding hydrogens is 357 g/mol. The van der Waals surface area contributed by atoms with Crippen LogP contribution in [0.15, 0.2) is 41.4 Å². The third kappa shape index (κ3) is 4.58. The summed E-state index contributed by atoms with van der Waals surface area (Å²) in [4.78, 5) is 4.18. The highest BCUT2D eigenvalue weighted by Crippen LogP contribution is 2.38. The van der Waals surface area contributed by atoms with Gasteiger partial charge in [-0.25, -0.2) is 4.39 Å². The Kier molecular flexibility index (Phi) is 6.17. The first-order valence-electron chi connectivity index (χ1n) is 8.43. The molecule has 2 aromatic carbocycles. The number of rotatable bonds is 5. The van der Waals surface area contributed by atoms with E-state index in [1.54, 1.807) is 19.2 Å². The zero-order valence-electron chi connectivity index (χ0n) is 14.5. The van der Waals surface area contributed by atoms with Crippen LogP contribution in [-0.2, 0) is 13.0 Å². The van der Waals surface area contributed by atoms with Crippen LogP contribution in [0.4, 0.5) is 4.39 Å². The molecule has 1 aliphatic rings. The maximum Gasteiger partial charge on any atom is 0.191 e. The molecule has 0 amide bonds. The largest absolute Gasteiger partial charge is 0.486 e. The highest BCUT2D eigenvalue weighted by Gasteiger charge is 2.16. The van der Waals surface area contributed by atoms with Gasteiger partial charge in [-0.1, -0.05) is 29.8 Å². The van der Waals surface area contributed by atoms with Gasteiger partial charge in [-0.3, -0.25) is 4.99 Å². The molecule has 0 spiro atoms. The van der Waals surface area contributed by atoms with Crippen molar-refractivity contribution in [3.63, 3.8) is 0 Å². The molecule has 0 unspecified atom stereocenters. The molecule has 2 aromatic rings. The quantitative estimate of drug-likeness (QED) is 0.621. The molecule has 1 heterocycles. The Morgan fingerprint density at radius 2 is 2.00 bits per heavy atom. The summed E-state index contributed by atoms with van der Waals surface area (Å²) in [5.74, 6) is 1.69. The minimum atomic E-state index is -0.192. The zero-order chi connectivity index (χ0) is 18.4. The Hall–Kier alpha value is -2.47. The van der Waals surface area contributed by atoms with Crippen LogP contribution in [0.1, 0.15) is 11.1 Å². The predicted molar refractivity (Wildman–Crippen MR) is 101 cm³/mol. The molecule has 0 saturated carbocycles. The highest BCUT2D eigenvalue weighted by molar-refractivity contribution is 6.32. The molecule has 5 nitrogen and oxygen atoms in total. The van der Waals surface area contributed by atoms with Crippen molar-refractivity contribution in [2.45, 2.75) is 13.0 Å². The van der Waals surface area contributed by atoms with Gasteiger partial charge in [0, 0.05) is 20.1 Å². The van der Waals surface area contributed by atoms with Crippen molar-refractivity contribution in [1.29, 1.82) is 0 Å². The minimum Gasteiger partial charge on any atom is -0.486 e. The molecule has 3 rings (SSSR count). The first kappa shape index (κ1) is 18.3. The lowest BCUT2D eigenvalue weighted by molar-refractivity contribution is 0.171. The molecular formula is C19H21ClFN3O2. The summed E-state index contributed by atoms with van der Waals surface area (Å²) in [6, 6.07) is 10.5. The summed E-state index contributed by atoms with van der Waals surface area (Å²) in [7, 11) is 1.69. The molecule has 2 N–H and O–H groups in total. The number of hydrogen-bond acceptors (Lipinski definition) is 3. The summed E-state index contributed by atoms with van der Waals surface area (Å²) < 4.78 is 24.7. The number of nitrogens with one attached hydrogen (secondary N) is 2. The molecule has 138 valence electrons. The fraction of sp³-hybridized carbons (Fsp3) is 0.316. The monoisotopic (exact) mass is 377 g/mol. The standard InChI is InChI=1S/C19H21ClFN3O2/c1-22-19(23-7-6-14-4-2-3-5-16(14)21)24-12-13-10-15(20)18-17(11-13)25-8-9-26-18/h2-5,10-11H,6-9,12H2,1H3,(H2,22,23,24). The van der Waals surface area contributed by atoms with Crippen molar-refractivity contribution in [2.24, 2.45) is 4.99 Å². The summed E-state index contributed by atoms with van der Waals surface area (Å²) in [5.41, 5.74) is 1.63. The Labute approximate surface area is 157 Å². The van der Waals surface area contributed by atoms with Crippen LogP contribution in [0.5, 0.6) is 11.5 Å². The molecule has 1 aliphatic heterocycles. The van der Waals surface area contributed by atoms with Gasteiger partial charge in [0.1, 0.15) is 19.0 Å². The number of ether oxygens (including phenoxy) is 2. The first-order chi connectivity index (χ1) is 12.7. The van der Waals surface area contributed by atoms with E-state index in [-0.39, 0.29) is 5.82 Å². The average molecular weight is 378 g/mol. The van der Waals surface area contributed by atoms with Gasteiger partial charge < -0.3 is 20.1 Å². The van der Waals surface area contributed by atoms with Gasteiger partial charge >= 0.3 is 0 Å². The topological polar surface area (TPSA) is 54.9 Å². The van der Waals surface area contributed by atoms with Crippen molar-refractivity contribution in [3.05, 3.63) is 58.4 Å². The molecule has 0 saturated heterocycles. The maximum absolute atomic E-state index is 13.6. The van der Waals surface area contributed by atoms with Crippen LogP contribution in [0.2, 0.25) is 5.02 Å². The lowest BCUT2D eigenvalue weighted by atomic mass is 10.1. The Bertz CT molecular complexity index is 798. The lowest BCUT2D eigenvalue weighted by Crippen LogP contribution is -2.38. The number of halogens is 2. The molecule has 0 atom stereocenters. The maximum atomic E-state index is 13.6. The molecule has 0 radical (unpaired) electrons. The molecule has 0 fully saturated rings. The molecule has 0 aromatic heterocycles. The number of guanidine groups is 1. The van der Waals surface area contributed by atoms with E-state index in [2.05, 4.69) is 15.6 Å². The van der Waals surface area contributed by atoms with E-state index in [4.69, 9.17) is 21.1 Å². The first-order valence-corrected chi connectivity index (χ1v) is 8.81. The SMILES string of the molecule is CN=C(NCCc1ccccc1F)NCc1cc(Cl)c2c(c1)OCCO2. The fourth-order valence-electron chi connectivity index (χ4n) is 2.69. The van der Waals surface area contributed by atoms with Crippen molar-refractivity contribution in [3.8, 4) is 11.5 Å². The van der Waals surface area contributed by atoms with E-state index in [1.807, 2.05) is 18.2 Å².